The van der Waals surface area contributed by atoms with Crippen molar-refractivity contribution in [3.8, 4) is 0 Å². The van der Waals surface area contributed by atoms with Crippen molar-refractivity contribution in [2.75, 3.05) is 26.3 Å². The molecule has 0 bridgehead atoms. The van der Waals surface area contributed by atoms with Crippen LogP contribution >= 0.6 is 0 Å². The number of nitrogens with zero attached hydrogens (tertiary/aromatic N) is 3. The average molecular weight is 406 g/mol. The first-order valence-corrected chi connectivity index (χ1v) is 10.9. The molecule has 158 valence electrons. The van der Waals surface area contributed by atoms with Gasteiger partial charge in [-0.15, -0.1) is 0 Å². The number of ether oxygens (including phenoxy) is 1. The van der Waals surface area contributed by atoms with E-state index in [0.29, 0.717) is 38.8 Å². The highest BCUT2D eigenvalue weighted by Crippen LogP contribution is 2.28. The Morgan fingerprint density at radius 1 is 1.03 bits per heavy atom. The highest BCUT2D eigenvalue weighted by molar-refractivity contribution is 5.81. The van der Waals surface area contributed by atoms with Gasteiger partial charge >= 0.3 is 0 Å². The molecule has 1 saturated heterocycles. The maximum atomic E-state index is 13.0. The number of para-hydroxylation sites is 2. The van der Waals surface area contributed by atoms with Crippen molar-refractivity contribution in [2.24, 2.45) is 5.92 Å². The molecule has 0 N–H and O–H groups in total. The summed E-state index contributed by atoms with van der Waals surface area (Å²) in [7, 11) is 0. The van der Waals surface area contributed by atoms with E-state index in [1.165, 1.54) is 11.1 Å². The fraction of sp³-hybridized carbons (Fsp3) is 0.440. The minimum absolute atomic E-state index is 0.1000. The summed E-state index contributed by atoms with van der Waals surface area (Å²) >= 11 is 0. The summed E-state index contributed by atoms with van der Waals surface area (Å²) in [6, 6.07) is 16.9. The van der Waals surface area contributed by atoms with Crippen molar-refractivity contribution in [3.05, 3.63) is 65.5 Å². The zero-order valence-electron chi connectivity index (χ0n) is 18.2. The van der Waals surface area contributed by atoms with Gasteiger partial charge < -0.3 is 14.2 Å². The van der Waals surface area contributed by atoms with E-state index in [-0.39, 0.29) is 11.8 Å². The first-order valence-electron chi connectivity index (χ1n) is 10.9. The van der Waals surface area contributed by atoms with Crippen LogP contribution in [0.5, 0.6) is 0 Å². The van der Waals surface area contributed by atoms with Crippen LogP contribution in [0, 0.1) is 5.92 Å². The van der Waals surface area contributed by atoms with Crippen LogP contribution in [0.15, 0.2) is 48.5 Å². The molecule has 1 amide bonds. The topological polar surface area (TPSA) is 47.4 Å². The predicted octanol–water partition coefficient (Wildman–Crippen LogP) is 4.25. The number of amides is 1. The molecule has 0 radical (unpaired) electrons. The molecule has 5 nitrogen and oxygen atoms in total. The van der Waals surface area contributed by atoms with Crippen molar-refractivity contribution in [1.82, 2.24) is 14.5 Å². The second kappa shape index (κ2) is 9.00. The third-order valence-electron chi connectivity index (χ3n) is 5.85. The van der Waals surface area contributed by atoms with Gasteiger partial charge in [0, 0.05) is 19.0 Å². The van der Waals surface area contributed by atoms with E-state index in [9.17, 15) is 4.79 Å². The van der Waals surface area contributed by atoms with Gasteiger partial charge in [-0.05, 0) is 35.6 Å². The Morgan fingerprint density at radius 3 is 2.43 bits per heavy atom. The number of imidazole rings is 1. The number of hydrogen-bond acceptors (Lipinski definition) is 3. The zero-order valence-corrected chi connectivity index (χ0v) is 18.2. The van der Waals surface area contributed by atoms with Crippen molar-refractivity contribution in [2.45, 2.75) is 39.7 Å². The number of benzene rings is 2. The maximum absolute atomic E-state index is 13.0. The van der Waals surface area contributed by atoms with Crippen molar-refractivity contribution >= 4 is 16.9 Å². The summed E-state index contributed by atoms with van der Waals surface area (Å²) < 4.78 is 7.49. The Balaban J connectivity index is 1.64. The second-order valence-electron chi connectivity index (χ2n) is 8.60. The predicted molar refractivity (Wildman–Crippen MR) is 120 cm³/mol. The molecule has 2 aromatic carbocycles. The largest absolute Gasteiger partial charge is 0.378 e. The van der Waals surface area contributed by atoms with Crippen molar-refractivity contribution < 1.29 is 9.53 Å². The van der Waals surface area contributed by atoms with E-state index in [1.54, 1.807) is 0 Å². The fourth-order valence-electron chi connectivity index (χ4n) is 4.20. The lowest BCUT2D eigenvalue weighted by Crippen LogP contribution is -2.42. The molecule has 1 fully saturated rings. The Labute approximate surface area is 178 Å². The quantitative estimate of drug-likeness (QED) is 0.616. The normalized spacial score (nSPS) is 15.7. The highest BCUT2D eigenvalue weighted by Gasteiger charge is 2.23. The van der Waals surface area contributed by atoms with Gasteiger partial charge in [0.15, 0.2) is 0 Å². The van der Waals surface area contributed by atoms with Gasteiger partial charge in [-0.1, -0.05) is 57.2 Å². The Bertz CT molecular complexity index is 1000. The average Bonchev–Trinajstić information content (AvgIpc) is 3.12. The van der Waals surface area contributed by atoms with Crippen molar-refractivity contribution in [1.29, 1.82) is 0 Å². The molecule has 4 rings (SSSR count). The smallest absolute Gasteiger partial charge is 0.242 e. The number of rotatable bonds is 6. The standard InChI is InChI=1S/C25H31N3O2/c1-18(2)16-20-8-10-21(11-9-20)19(3)25-26-22-6-4-5-7-23(22)28(25)17-24(29)27-12-14-30-15-13-27/h4-11,18-19H,12-17H2,1-3H3. The number of carbonyl (C=O) groups excluding carboxylic acids is 1. The number of aromatic nitrogens is 2. The van der Waals surface area contributed by atoms with Gasteiger partial charge in [0.05, 0.1) is 24.2 Å². The molecule has 1 unspecified atom stereocenters. The Kier molecular flexibility index (Phi) is 6.18. The molecule has 0 aliphatic carbocycles. The van der Waals surface area contributed by atoms with Crippen LogP contribution in [-0.4, -0.2) is 46.7 Å². The van der Waals surface area contributed by atoms with Gasteiger partial charge in [0.1, 0.15) is 12.4 Å². The molecule has 0 saturated carbocycles. The first-order chi connectivity index (χ1) is 14.5. The minimum Gasteiger partial charge on any atom is -0.378 e. The summed E-state index contributed by atoms with van der Waals surface area (Å²) in [5.41, 5.74) is 4.53. The minimum atomic E-state index is 0.1000. The summed E-state index contributed by atoms with van der Waals surface area (Å²) in [6.45, 7) is 9.51. The lowest BCUT2D eigenvalue weighted by atomic mass is 9.96. The van der Waals surface area contributed by atoms with Gasteiger partial charge in [0.2, 0.25) is 5.91 Å². The lowest BCUT2D eigenvalue weighted by Gasteiger charge is -2.27. The van der Waals surface area contributed by atoms with Crippen LogP contribution < -0.4 is 0 Å². The van der Waals surface area contributed by atoms with E-state index in [1.807, 2.05) is 23.1 Å². The monoisotopic (exact) mass is 405 g/mol. The van der Waals surface area contributed by atoms with Crippen LogP contribution in [0.25, 0.3) is 11.0 Å². The lowest BCUT2D eigenvalue weighted by molar-refractivity contribution is -0.135. The second-order valence-corrected chi connectivity index (χ2v) is 8.60. The van der Waals surface area contributed by atoms with E-state index in [4.69, 9.17) is 9.72 Å². The molecular weight excluding hydrogens is 374 g/mol. The summed E-state index contributed by atoms with van der Waals surface area (Å²) in [4.78, 5) is 19.8. The number of hydrogen-bond donors (Lipinski definition) is 0. The first kappa shape index (κ1) is 20.6. The molecule has 1 aliphatic rings. The van der Waals surface area contributed by atoms with E-state index in [0.717, 1.165) is 23.3 Å². The van der Waals surface area contributed by atoms with Gasteiger partial charge in [-0.2, -0.15) is 0 Å². The van der Waals surface area contributed by atoms with Gasteiger partial charge in [-0.3, -0.25) is 4.79 Å². The Hall–Kier alpha value is -2.66. The number of carbonyl (C=O) groups is 1. The van der Waals surface area contributed by atoms with E-state index < -0.39 is 0 Å². The maximum Gasteiger partial charge on any atom is 0.242 e. The van der Waals surface area contributed by atoms with Crippen LogP contribution in [-0.2, 0) is 22.5 Å². The molecule has 3 aromatic rings. The number of morpholine rings is 1. The fourth-order valence-corrected chi connectivity index (χ4v) is 4.20. The summed E-state index contributed by atoms with van der Waals surface area (Å²) in [5, 5.41) is 0. The SMILES string of the molecule is CC(C)Cc1ccc(C(C)c2nc3ccccc3n2CC(=O)N2CCOCC2)cc1. The third kappa shape index (κ3) is 4.41. The summed E-state index contributed by atoms with van der Waals surface area (Å²) in [6.07, 6.45) is 1.08. The molecular formula is C25H31N3O2. The molecule has 5 heteroatoms. The van der Waals surface area contributed by atoms with Gasteiger partial charge in [0.25, 0.3) is 0 Å². The van der Waals surface area contributed by atoms with Crippen LogP contribution in [0.4, 0.5) is 0 Å². The molecule has 30 heavy (non-hydrogen) atoms. The van der Waals surface area contributed by atoms with E-state index in [2.05, 4.69) is 55.7 Å². The van der Waals surface area contributed by atoms with E-state index >= 15 is 0 Å². The zero-order chi connectivity index (χ0) is 21.1. The number of fused-ring (bicyclic) bond motifs is 1. The van der Waals surface area contributed by atoms with Crippen LogP contribution in [0.2, 0.25) is 0 Å². The molecule has 1 aromatic heterocycles. The van der Waals surface area contributed by atoms with Crippen LogP contribution in [0.1, 0.15) is 43.6 Å². The molecule has 2 heterocycles. The van der Waals surface area contributed by atoms with Crippen LogP contribution in [0.3, 0.4) is 0 Å². The Morgan fingerprint density at radius 2 is 1.73 bits per heavy atom. The van der Waals surface area contributed by atoms with Crippen molar-refractivity contribution in [3.63, 3.8) is 0 Å². The van der Waals surface area contributed by atoms with Gasteiger partial charge in [-0.25, -0.2) is 4.98 Å². The summed E-state index contributed by atoms with van der Waals surface area (Å²) in [5.74, 6) is 1.81. The highest BCUT2D eigenvalue weighted by atomic mass is 16.5. The third-order valence-corrected chi connectivity index (χ3v) is 5.85. The molecule has 1 atom stereocenters. The molecule has 1 aliphatic heterocycles. The molecule has 0 spiro atoms.